The number of hydrogen-bond acceptors (Lipinski definition) is 6. The Bertz CT molecular complexity index is 1110. The first-order valence-corrected chi connectivity index (χ1v) is 10.9. The van der Waals surface area contributed by atoms with Crippen LogP contribution in [0.4, 0.5) is 0 Å². The highest BCUT2D eigenvalue weighted by atomic mass is 16.5. The summed E-state index contributed by atoms with van der Waals surface area (Å²) in [7, 11) is 5.19. The predicted molar refractivity (Wildman–Crippen MR) is 125 cm³/mol. The lowest BCUT2D eigenvalue weighted by Crippen LogP contribution is -2.32. The first-order valence-electron chi connectivity index (χ1n) is 10.9. The Balaban J connectivity index is 2.14. The van der Waals surface area contributed by atoms with Crippen LogP contribution < -0.4 is 0 Å². The van der Waals surface area contributed by atoms with Crippen molar-refractivity contribution in [1.29, 1.82) is 0 Å². The van der Waals surface area contributed by atoms with Gasteiger partial charge in [-0.2, -0.15) is 0 Å². The average molecular weight is 454 g/mol. The number of aromatic amines is 1. The highest BCUT2D eigenvalue weighted by Crippen LogP contribution is 2.40. The van der Waals surface area contributed by atoms with E-state index in [2.05, 4.69) is 4.98 Å². The van der Waals surface area contributed by atoms with Gasteiger partial charge in [0.25, 0.3) is 11.7 Å². The lowest BCUT2D eigenvalue weighted by atomic mass is 9.93. The summed E-state index contributed by atoms with van der Waals surface area (Å²) < 4.78 is 4.76. The van der Waals surface area contributed by atoms with Gasteiger partial charge in [0.1, 0.15) is 5.76 Å². The third-order valence-corrected chi connectivity index (χ3v) is 6.12. The minimum atomic E-state index is -0.757. The van der Waals surface area contributed by atoms with Crippen LogP contribution in [0.2, 0.25) is 0 Å². The summed E-state index contributed by atoms with van der Waals surface area (Å²) >= 11 is 0. The normalized spacial score (nSPS) is 17.8. The van der Waals surface area contributed by atoms with Crippen LogP contribution in [0, 0.1) is 20.8 Å². The minimum Gasteiger partial charge on any atom is -0.507 e. The quantitative estimate of drug-likeness (QED) is 0.289. The van der Waals surface area contributed by atoms with Crippen molar-refractivity contribution >= 4 is 23.4 Å². The highest BCUT2D eigenvalue weighted by Gasteiger charge is 2.46. The summed E-state index contributed by atoms with van der Waals surface area (Å²) in [5.74, 6) is -2.02. The van der Waals surface area contributed by atoms with Gasteiger partial charge in [-0.1, -0.05) is 12.1 Å². The van der Waals surface area contributed by atoms with E-state index in [-0.39, 0.29) is 11.3 Å². The number of amides is 1. The van der Waals surface area contributed by atoms with Crippen molar-refractivity contribution < 1.29 is 24.2 Å². The van der Waals surface area contributed by atoms with Gasteiger partial charge in [0.2, 0.25) is 0 Å². The molecule has 8 nitrogen and oxygen atoms in total. The molecule has 0 bridgehead atoms. The maximum atomic E-state index is 13.2. The topological polar surface area (TPSA) is 103 Å². The van der Waals surface area contributed by atoms with Crippen molar-refractivity contribution in [3.8, 4) is 0 Å². The molecule has 2 N–H and O–H groups in total. The molecule has 0 spiro atoms. The van der Waals surface area contributed by atoms with Crippen LogP contribution in [-0.2, 0) is 14.3 Å². The van der Waals surface area contributed by atoms with Crippen molar-refractivity contribution in [1.82, 2.24) is 14.8 Å². The Labute approximate surface area is 193 Å². The average Bonchev–Trinajstić information content (AvgIpc) is 3.18. The van der Waals surface area contributed by atoms with E-state index in [1.54, 1.807) is 24.3 Å². The molecule has 1 unspecified atom stereocenters. The molecule has 0 aliphatic carbocycles. The molecule has 1 aliphatic heterocycles. The van der Waals surface area contributed by atoms with E-state index in [0.29, 0.717) is 29.7 Å². The van der Waals surface area contributed by atoms with Gasteiger partial charge in [-0.05, 0) is 71.1 Å². The van der Waals surface area contributed by atoms with Gasteiger partial charge < -0.3 is 24.6 Å². The molecule has 1 atom stereocenters. The monoisotopic (exact) mass is 453 g/mol. The van der Waals surface area contributed by atoms with E-state index >= 15 is 0 Å². The number of aliphatic hydroxyl groups is 1. The molecule has 2 aromatic rings. The van der Waals surface area contributed by atoms with Crippen molar-refractivity contribution in [2.24, 2.45) is 0 Å². The van der Waals surface area contributed by atoms with Crippen LogP contribution in [0.3, 0.4) is 0 Å². The molecular formula is C25H31N3O5. The van der Waals surface area contributed by atoms with Gasteiger partial charge in [0, 0.05) is 23.5 Å². The number of H-pyrrole nitrogens is 1. The van der Waals surface area contributed by atoms with E-state index in [9.17, 15) is 19.5 Å². The number of methoxy groups -OCH3 is 1. The SMILES string of the molecule is COC(=O)c1ccc(C2/C(=C(\O)c3c(C)[nH]c(C)c3C)C(=O)C(=O)N2CCCN(C)C)cc1. The van der Waals surface area contributed by atoms with Crippen LogP contribution in [-0.4, -0.2) is 71.8 Å². The number of Topliss-reactive ketones (excluding diaryl/α,β-unsaturated/α-hetero) is 1. The predicted octanol–water partition coefficient (Wildman–Crippen LogP) is 3.10. The second-order valence-corrected chi connectivity index (χ2v) is 8.64. The number of ketones is 1. The number of esters is 1. The number of carbonyl (C=O) groups excluding carboxylic acids is 3. The Morgan fingerprint density at radius 2 is 1.76 bits per heavy atom. The third kappa shape index (κ3) is 4.57. The molecular weight excluding hydrogens is 422 g/mol. The molecule has 0 saturated carbocycles. The lowest BCUT2D eigenvalue weighted by molar-refractivity contribution is -0.139. The number of likely N-dealkylation sites (tertiary alicyclic amines) is 1. The maximum absolute atomic E-state index is 13.2. The summed E-state index contributed by atoms with van der Waals surface area (Å²) in [6.07, 6.45) is 0.665. The number of carbonyl (C=O) groups is 3. The minimum absolute atomic E-state index is 0.0564. The lowest BCUT2D eigenvalue weighted by Gasteiger charge is -2.26. The van der Waals surface area contributed by atoms with Gasteiger partial charge in [-0.25, -0.2) is 4.79 Å². The van der Waals surface area contributed by atoms with E-state index in [1.807, 2.05) is 39.8 Å². The number of hydrogen-bond donors (Lipinski definition) is 2. The molecule has 1 saturated heterocycles. The van der Waals surface area contributed by atoms with Crippen molar-refractivity contribution in [2.75, 3.05) is 34.3 Å². The fraction of sp³-hybridized carbons (Fsp3) is 0.400. The summed E-state index contributed by atoms with van der Waals surface area (Å²) in [5, 5.41) is 11.3. The number of ether oxygens (including phenoxy) is 1. The van der Waals surface area contributed by atoms with Gasteiger partial charge in [-0.3, -0.25) is 9.59 Å². The Morgan fingerprint density at radius 3 is 2.27 bits per heavy atom. The summed E-state index contributed by atoms with van der Waals surface area (Å²) in [6.45, 7) is 6.67. The van der Waals surface area contributed by atoms with Crippen LogP contribution in [0.15, 0.2) is 29.8 Å². The van der Waals surface area contributed by atoms with E-state index < -0.39 is 23.7 Å². The third-order valence-electron chi connectivity index (χ3n) is 6.12. The largest absolute Gasteiger partial charge is 0.507 e. The smallest absolute Gasteiger partial charge is 0.337 e. The second-order valence-electron chi connectivity index (χ2n) is 8.64. The summed E-state index contributed by atoms with van der Waals surface area (Å²) in [4.78, 5) is 44.8. The molecule has 1 aliphatic rings. The molecule has 1 aromatic heterocycles. The zero-order chi connectivity index (χ0) is 24.4. The molecule has 3 rings (SSSR count). The Hall–Kier alpha value is -3.39. The van der Waals surface area contributed by atoms with Crippen molar-refractivity contribution in [3.05, 3.63) is 63.5 Å². The summed E-state index contributed by atoms with van der Waals surface area (Å²) in [5.41, 5.74) is 4.02. The Kier molecular flexibility index (Phi) is 7.07. The molecule has 1 amide bonds. The summed E-state index contributed by atoms with van der Waals surface area (Å²) in [6, 6.07) is 5.82. The molecule has 1 fully saturated rings. The second kappa shape index (κ2) is 9.62. The standard InChI is InChI=1S/C25H31N3O5/c1-14-15(2)26-16(3)19(14)22(29)20-21(17-8-10-18(11-9-17)25(32)33-6)28(24(31)23(20)30)13-7-12-27(4)5/h8-11,21,26,29H,7,12-13H2,1-6H3/b22-20+. The highest BCUT2D eigenvalue weighted by molar-refractivity contribution is 6.46. The van der Waals surface area contributed by atoms with Gasteiger partial charge in [0.15, 0.2) is 0 Å². The molecule has 2 heterocycles. The zero-order valence-electron chi connectivity index (χ0n) is 20.0. The van der Waals surface area contributed by atoms with Gasteiger partial charge in [0.05, 0.1) is 24.3 Å². The fourth-order valence-corrected chi connectivity index (χ4v) is 4.33. The number of nitrogens with one attached hydrogen (secondary N) is 1. The van der Waals surface area contributed by atoms with Crippen LogP contribution >= 0.6 is 0 Å². The number of rotatable bonds is 7. The first-order chi connectivity index (χ1) is 15.6. The molecule has 176 valence electrons. The van der Waals surface area contributed by atoms with Crippen LogP contribution in [0.5, 0.6) is 0 Å². The zero-order valence-corrected chi connectivity index (χ0v) is 20.0. The number of aryl methyl sites for hydroxylation is 2. The van der Waals surface area contributed by atoms with Crippen LogP contribution in [0.25, 0.3) is 5.76 Å². The van der Waals surface area contributed by atoms with Gasteiger partial charge >= 0.3 is 5.97 Å². The number of nitrogens with zero attached hydrogens (tertiary/aromatic N) is 2. The van der Waals surface area contributed by atoms with E-state index in [4.69, 9.17) is 4.74 Å². The fourth-order valence-electron chi connectivity index (χ4n) is 4.33. The van der Waals surface area contributed by atoms with E-state index in [0.717, 1.165) is 23.5 Å². The van der Waals surface area contributed by atoms with Crippen molar-refractivity contribution in [2.45, 2.75) is 33.2 Å². The van der Waals surface area contributed by atoms with E-state index in [1.165, 1.54) is 12.0 Å². The van der Waals surface area contributed by atoms with Gasteiger partial charge in [-0.15, -0.1) is 0 Å². The number of aliphatic hydroxyl groups excluding tert-OH is 1. The molecule has 1 aromatic carbocycles. The Morgan fingerprint density at radius 1 is 1.12 bits per heavy atom. The maximum Gasteiger partial charge on any atom is 0.337 e. The molecule has 8 heteroatoms. The molecule has 0 radical (unpaired) electrons. The number of benzene rings is 1. The van der Waals surface area contributed by atoms with Crippen LogP contribution in [0.1, 0.15) is 50.9 Å². The molecule has 33 heavy (non-hydrogen) atoms. The number of aromatic nitrogens is 1. The first kappa shape index (κ1) is 24.3. The van der Waals surface area contributed by atoms with Crippen molar-refractivity contribution in [3.63, 3.8) is 0 Å².